The molecule has 3 nitrogen and oxygen atoms in total. The van der Waals surface area contributed by atoms with E-state index >= 15 is 0 Å². The number of rotatable bonds is 3. The highest BCUT2D eigenvalue weighted by molar-refractivity contribution is 5.82. The van der Waals surface area contributed by atoms with Crippen LogP contribution in [-0.4, -0.2) is 18.1 Å². The number of ether oxygens (including phenoxy) is 1. The van der Waals surface area contributed by atoms with Crippen LogP contribution >= 0.6 is 0 Å². The number of esters is 1. The number of aryl methyl sites for hydroxylation is 1. The lowest BCUT2D eigenvalue weighted by Gasteiger charge is -2.02. The first-order chi connectivity index (χ1) is 7.79. The minimum absolute atomic E-state index is 0.175. The van der Waals surface area contributed by atoms with Gasteiger partial charge in [-0.2, -0.15) is 0 Å². The average molecular weight is 215 g/mol. The van der Waals surface area contributed by atoms with Crippen LogP contribution in [0.4, 0.5) is 0 Å². The first-order valence-electron chi connectivity index (χ1n) is 5.19. The van der Waals surface area contributed by atoms with Crippen LogP contribution in [0.2, 0.25) is 0 Å². The first kappa shape index (κ1) is 10.6. The van der Waals surface area contributed by atoms with Crippen molar-refractivity contribution in [3.8, 4) is 0 Å². The smallest absolute Gasteiger partial charge is 0.305 e. The molecule has 0 saturated carbocycles. The Bertz CT molecular complexity index is 508. The van der Waals surface area contributed by atoms with Gasteiger partial charge in [0.05, 0.1) is 7.11 Å². The molecule has 0 atom stereocenters. The molecule has 0 unspecified atom stereocenters. The van der Waals surface area contributed by atoms with Crippen molar-refractivity contribution in [1.29, 1.82) is 0 Å². The second-order valence-electron chi connectivity index (χ2n) is 3.63. The third kappa shape index (κ3) is 2.37. The summed E-state index contributed by atoms with van der Waals surface area (Å²) in [6, 6.07) is 8.11. The van der Waals surface area contributed by atoms with Gasteiger partial charge in [-0.3, -0.25) is 9.78 Å². The maximum atomic E-state index is 11.0. The Balaban J connectivity index is 2.16. The molecular formula is C13H13NO2. The average Bonchev–Trinajstić information content (AvgIpc) is 2.35. The van der Waals surface area contributed by atoms with Gasteiger partial charge in [-0.05, 0) is 29.5 Å². The van der Waals surface area contributed by atoms with E-state index in [4.69, 9.17) is 0 Å². The van der Waals surface area contributed by atoms with Crippen LogP contribution in [0.1, 0.15) is 12.0 Å². The maximum Gasteiger partial charge on any atom is 0.305 e. The number of carbonyl (C=O) groups is 1. The highest BCUT2D eigenvalue weighted by Crippen LogP contribution is 2.15. The molecule has 0 spiro atoms. The van der Waals surface area contributed by atoms with E-state index < -0.39 is 0 Å². The summed E-state index contributed by atoms with van der Waals surface area (Å²) < 4.78 is 4.61. The van der Waals surface area contributed by atoms with Crippen LogP contribution in [0.5, 0.6) is 0 Å². The molecule has 3 heteroatoms. The van der Waals surface area contributed by atoms with E-state index in [9.17, 15) is 4.79 Å². The Morgan fingerprint density at radius 1 is 1.31 bits per heavy atom. The number of hydrogen-bond acceptors (Lipinski definition) is 3. The lowest BCUT2D eigenvalue weighted by molar-refractivity contribution is -0.140. The topological polar surface area (TPSA) is 39.2 Å². The van der Waals surface area contributed by atoms with Crippen molar-refractivity contribution in [3.05, 3.63) is 42.2 Å². The van der Waals surface area contributed by atoms with Crippen molar-refractivity contribution in [2.75, 3.05) is 7.11 Å². The van der Waals surface area contributed by atoms with Gasteiger partial charge < -0.3 is 4.74 Å². The van der Waals surface area contributed by atoms with Gasteiger partial charge in [0.15, 0.2) is 0 Å². The second kappa shape index (κ2) is 4.75. The molecule has 0 bridgehead atoms. The fourth-order valence-corrected chi connectivity index (χ4v) is 1.64. The van der Waals surface area contributed by atoms with Crippen LogP contribution in [0, 0.1) is 0 Å². The lowest BCUT2D eigenvalue weighted by atomic mass is 10.1. The summed E-state index contributed by atoms with van der Waals surface area (Å²) in [6.07, 6.45) is 4.73. The number of fused-ring (bicyclic) bond motifs is 1. The zero-order chi connectivity index (χ0) is 11.4. The van der Waals surface area contributed by atoms with E-state index in [2.05, 4.69) is 15.8 Å². The quantitative estimate of drug-likeness (QED) is 0.738. The van der Waals surface area contributed by atoms with Crippen molar-refractivity contribution in [2.45, 2.75) is 12.8 Å². The summed E-state index contributed by atoms with van der Waals surface area (Å²) in [5.41, 5.74) is 1.13. The van der Waals surface area contributed by atoms with E-state index in [0.29, 0.717) is 12.8 Å². The third-order valence-corrected chi connectivity index (χ3v) is 2.55. The number of hydrogen-bond donors (Lipinski definition) is 0. The zero-order valence-electron chi connectivity index (χ0n) is 9.14. The molecule has 0 aliphatic rings. The summed E-state index contributed by atoms with van der Waals surface area (Å²) in [5, 5.41) is 2.27. The lowest BCUT2D eigenvalue weighted by Crippen LogP contribution is -2.01. The molecule has 2 aromatic rings. The maximum absolute atomic E-state index is 11.0. The number of carbonyl (C=O) groups excluding carboxylic acids is 1. The zero-order valence-corrected chi connectivity index (χ0v) is 9.14. The van der Waals surface area contributed by atoms with Crippen LogP contribution in [0.25, 0.3) is 10.8 Å². The molecule has 2 rings (SSSR count). The molecule has 0 fully saturated rings. The summed E-state index contributed by atoms with van der Waals surface area (Å²) in [4.78, 5) is 15.1. The van der Waals surface area contributed by atoms with E-state index in [-0.39, 0.29) is 5.97 Å². The van der Waals surface area contributed by atoms with Crippen molar-refractivity contribution >= 4 is 16.7 Å². The Morgan fingerprint density at radius 3 is 3.00 bits per heavy atom. The molecule has 0 amide bonds. The van der Waals surface area contributed by atoms with Gasteiger partial charge >= 0.3 is 5.97 Å². The number of nitrogens with zero attached hydrogens (tertiary/aromatic N) is 1. The molecule has 0 saturated heterocycles. The van der Waals surface area contributed by atoms with E-state index in [1.165, 1.54) is 7.11 Å². The van der Waals surface area contributed by atoms with Crippen molar-refractivity contribution < 1.29 is 9.53 Å². The highest BCUT2D eigenvalue weighted by atomic mass is 16.5. The first-order valence-corrected chi connectivity index (χ1v) is 5.19. The second-order valence-corrected chi connectivity index (χ2v) is 3.63. The molecule has 82 valence electrons. The number of pyridine rings is 1. The standard InChI is InChI=1S/C13H13NO2/c1-16-13(15)5-3-10-2-4-11-6-7-14-9-12(11)8-10/h2,4,6-9H,3,5H2,1H3. The van der Waals surface area contributed by atoms with Gasteiger partial charge in [0.1, 0.15) is 0 Å². The summed E-state index contributed by atoms with van der Waals surface area (Å²) >= 11 is 0. The Kier molecular flexibility index (Phi) is 3.15. The molecule has 1 aromatic carbocycles. The molecule has 1 heterocycles. The normalized spacial score (nSPS) is 10.3. The van der Waals surface area contributed by atoms with Gasteiger partial charge in [0.2, 0.25) is 0 Å². The Morgan fingerprint density at radius 2 is 2.19 bits per heavy atom. The predicted molar refractivity (Wildman–Crippen MR) is 62.1 cm³/mol. The van der Waals surface area contributed by atoms with Gasteiger partial charge in [-0.1, -0.05) is 12.1 Å². The van der Waals surface area contributed by atoms with Crippen LogP contribution in [0.15, 0.2) is 36.7 Å². The molecule has 0 N–H and O–H groups in total. The number of benzene rings is 1. The summed E-state index contributed by atoms with van der Waals surface area (Å²) in [5.74, 6) is -0.175. The SMILES string of the molecule is COC(=O)CCc1ccc2ccncc2c1. The molecule has 1 aromatic heterocycles. The summed E-state index contributed by atoms with van der Waals surface area (Å²) in [7, 11) is 1.41. The van der Waals surface area contributed by atoms with E-state index in [1.54, 1.807) is 6.20 Å². The molecular weight excluding hydrogens is 202 g/mol. The Labute approximate surface area is 94.1 Å². The third-order valence-electron chi connectivity index (χ3n) is 2.55. The van der Waals surface area contributed by atoms with E-state index in [1.807, 2.05) is 24.4 Å². The van der Waals surface area contributed by atoms with Crippen molar-refractivity contribution in [2.24, 2.45) is 0 Å². The number of aromatic nitrogens is 1. The highest BCUT2D eigenvalue weighted by Gasteiger charge is 2.02. The predicted octanol–water partition coefficient (Wildman–Crippen LogP) is 2.34. The minimum atomic E-state index is -0.175. The van der Waals surface area contributed by atoms with Crippen molar-refractivity contribution in [3.63, 3.8) is 0 Å². The van der Waals surface area contributed by atoms with Gasteiger partial charge in [0, 0.05) is 24.2 Å². The molecule has 16 heavy (non-hydrogen) atoms. The largest absolute Gasteiger partial charge is 0.469 e. The molecule has 0 aliphatic heterocycles. The minimum Gasteiger partial charge on any atom is -0.469 e. The van der Waals surface area contributed by atoms with Crippen molar-refractivity contribution in [1.82, 2.24) is 4.98 Å². The van der Waals surface area contributed by atoms with Gasteiger partial charge in [0.25, 0.3) is 0 Å². The fraction of sp³-hybridized carbons (Fsp3) is 0.231. The van der Waals surface area contributed by atoms with Crippen LogP contribution in [0.3, 0.4) is 0 Å². The van der Waals surface area contributed by atoms with Gasteiger partial charge in [-0.25, -0.2) is 0 Å². The van der Waals surface area contributed by atoms with E-state index in [0.717, 1.165) is 16.3 Å². The Hall–Kier alpha value is -1.90. The fourth-order valence-electron chi connectivity index (χ4n) is 1.64. The monoisotopic (exact) mass is 215 g/mol. The van der Waals surface area contributed by atoms with Crippen LogP contribution < -0.4 is 0 Å². The summed E-state index contributed by atoms with van der Waals surface area (Å²) in [6.45, 7) is 0. The molecule has 0 radical (unpaired) electrons. The number of methoxy groups -OCH3 is 1. The van der Waals surface area contributed by atoms with Gasteiger partial charge in [-0.15, -0.1) is 0 Å². The molecule has 0 aliphatic carbocycles. The van der Waals surface area contributed by atoms with Crippen LogP contribution in [-0.2, 0) is 16.0 Å².